The minimum absolute atomic E-state index is 0.0358. The Morgan fingerprint density at radius 1 is 0.656 bits per heavy atom. The van der Waals surface area contributed by atoms with Gasteiger partial charge in [0.05, 0.1) is 45.8 Å². The number of hydrogen-bond acceptors (Lipinski definition) is 10. The quantitative estimate of drug-likeness (QED) is 0.184. The van der Waals surface area contributed by atoms with Crippen LogP contribution in [0, 0.1) is 0 Å². The molecule has 0 amide bonds. The van der Waals surface area contributed by atoms with Gasteiger partial charge in [0.2, 0.25) is 5.02 Å². The lowest BCUT2D eigenvalue weighted by atomic mass is 10.2. The SMILES string of the molecule is CCOP(=O)(CCC(NC(C)CC)(P(=O)(OCC)OCC)P(=O)(OCC)OCC)OCC. The van der Waals surface area contributed by atoms with E-state index < -0.39 is 27.8 Å². The third-order valence-corrected chi connectivity index (χ3v) is 13.0. The highest BCUT2D eigenvalue weighted by Gasteiger charge is 2.66. The monoisotopic (exact) mass is 523 g/mol. The van der Waals surface area contributed by atoms with Gasteiger partial charge in [0.25, 0.3) is 0 Å². The maximum atomic E-state index is 14.3. The van der Waals surface area contributed by atoms with Gasteiger partial charge in [-0.15, -0.1) is 0 Å². The largest absolute Gasteiger partial charge is 0.362 e. The van der Waals surface area contributed by atoms with Crippen molar-refractivity contribution in [1.82, 2.24) is 5.32 Å². The summed E-state index contributed by atoms with van der Waals surface area (Å²) in [4.78, 5) is 0. The minimum atomic E-state index is -4.19. The van der Waals surface area contributed by atoms with E-state index in [9.17, 15) is 13.7 Å². The molecule has 1 unspecified atom stereocenters. The van der Waals surface area contributed by atoms with Crippen LogP contribution in [0.3, 0.4) is 0 Å². The van der Waals surface area contributed by atoms with E-state index >= 15 is 0 Å². The molecule has 0 spiro atoms. The van der Waals surface area contributed by atoms with Crippen molar-refractivity contribution in [3.63, 3.8) is 0 Å². The molecular formula is C19H44NO9P3. The Hall–Kier alpha value is 0.410. The fourth-order valence-electron chi connectivity index (χ4n) is 3.18. The first-order valence-electron chi connectivity index (χ1n) is 11.5. The Kier molecular flexibility index (Phi) is 15.6. The molecule has 0 aromatic heterocycles. The molecule has 0 aliphatic rings. The molecule has 10 nitrogen and oxygen atoms in total. The summed E-state index contributed by atoms with van der Waals surface area (Å²) >= 11 is 0. The lowest BCUT2D eigenvalue weighted by Crippen LogP contribution is -2.51. The molecule has 1 atom stereocenters. The zero-order valence-corrected chi connectivity index (χ0v) is 23.6. The van der Waals surface area contributed by atoms with E-state index in [2.05, 4.69) is 5.32 Å². The van der Waals surface area contributed by atoms with Crippen molar-refractivity contribution in [2.45, 2.75) is 79.3 Å². The molecule has 0 saturated carbocycles. The van der Waals surface area contributed by atoms with Gasteiger partial charge in [-0.25, -0.2) is 0 Å². The van der Waals surface area contributed by atoms with E-state index in [0.717, 1.165) is 0 Å². The van der Waals surface area contributed by atoms with Crippen molar-refractivity contribution in [3.05, 3.63) is 0 Å². The van der Waals surface area contributed by atoms with Crippen molar-refractivity contribution < 1.29 is 40.8 Å². The zero-order chi connectivity index (χ0) is 24.9. The molecular weight excluding hydrogens is 479 g/mol. The summed E-state index contributed by atoms with van der Waals surface area (Å²) in [6.07, 6.45) is 0.225. The zero-order valence-electron chi connectivity index (χ0n) is 21.0. The average Bonchev–Trinajstić information content (AvgIpc) is 2.71. The predicted octanol–water partition coefficient (Wildman–Crippen LogP) is 6.22. The molecule has 0 aliphatic heterocycles. The van der Waals surface area contributed by atoms with Gasteiger partial charge in [-0.2, -0.15) is 0 Å². The lowest BCUT2D eigenvalue weighted by Gasteiger charge is -2.44. The van der Waals surface area contributed by atoms with Crippen LogP contribution in [-0.2, 0) is 40.8 Å². The first kappa shape index (κ1) is 32.4. The Labute approximate surface area is 194 Å². The fraction of sp³-hybridized carbons (Fsp3) is 1.00. The summed E-state index contributed by atoms with van der Waals surface area (Å²) in [5.41, 5.74) is 0. The summed E-state index contributed by atoms with van der Waals surface area (Å²) < 4.78 is 75.4. The maximum absolute atomic E-state index is 14.3. The van der Waals surface area contributed by atoms with Gasteiger partial charge in [-0.1, -0.05) is 6.92 Å². The molecule has 32 heavy (non-hydrogen) atoms. The molecule has 0 aromatic rings. The Morgan fingerprint density at radius 3 is 1.28 bits per heavy atom. The molecule has 0 bridgehead atoms. The molecule has 0 aromatic carbocycles. The molecule has 0 saturated heterocycles. The summed E-state index contributed by atoms with van der Waals surface area (Å²) in [6.45, 7) is 14.3. The van der Waals surface area contributed by atoms with Crippen molar-refractivity contribution in [2.75, 3.05) is 45.8 Å². The van der Waals surface area contributed by atoms with Crippen molar-refractivity contribution >= 4 is 22.8 Å². The third-order valence-electron chi connectivity index (χ3n) is 4.58. The van der Waals surface area contributed by atoms with E-state index in [0.29, 0.717) is 6.42 Å². The normalized spacial score (nSPS) is 14.6. The number of hydrogen-bond donors (Lipinski definition) is 1. The summed E-state index contributed by atoms with van der Waals surface area (Å²) in [7, 11) is -12.0. The van der Waals surface area contributed by atoms with Crippen molar-refractivity contribution in [1.29, 1.82) is 0 Å². The minimum Gasteiger partial charge on any atom is -0.309 e. The van der Waals surface area contributed by atoms with Gasteiger partial charge in [0.1, 0.15) is 0 Å². The van der Waals surface area contributed by atoms with Crippen LogP contribution >= 0.6 is 22.8 Å². The molecule has 0 aliphatic carbocycles. The highest BCUT2D eigenvalue weighted by Crippen LogP contribution is 2.78. The molecule has 0 rings (SSSR count). The van der Waals surface area contributed by atoms with Crippen LogP contribution in [0.4, 0.5) is 0 Å². The maximum Gasteiger partial charge on any atom is 0.362 e. The Morgan fingerprint density at radius 2 is 1.00 bits per heavy atom. The van der Waals surface area contributed by atoms with E-state index in [1.165, 1.54) is 0 Å². The van der Waals surface area contributed by atoms with Crippen LogP contribution in [0.25, 0.3) is 0 Å². The molecule has 0 fully saturated rings. The van der Waals surface area contributed by atoms with Crippen LogP contribution < -0.4 is 5.32 Å². The second-order valence-corrected chi connectivity index (χ2v) is 13.9. The number of nitrogens with one attached hydrogen (secondary N) is 1. The van der Waals surface area contributed by atoms with Crippen LogP contribution in [0.2, 0.25) is 0 Å². The van der Waals surface area contributed by atoms with E-state index in [4.69, 9.17) is 27.1 Å². The second-order valence-electron chi connectivity index (χ2n) is 6.86. The Balaban J connectivity index is 6.94. The van der Waals surface area contributed by atoms with E-state index in [-0.39, 0.29) is 58.3 Å². The van der Waals surface area contributed by atoms with Crippen molar-refractivity contribution in [3.8, 4) is 0 Å². The Bertz CT molecular complexity index is 602. The summed E-state index contributed by atoms with van der Waals surface area (Å²) in [5.74, 6) is 0. The van der Waals surface area contributed by atoms with Gasteiger partial charge >= 0.3 is 22.8 Å². The van der Waals surface area contributed by atoms with E-state index in [1.807, 2.05) is 13.8 Å². The van der Waals surface area contributed by atoms with Gasteiger partial charge in [-0.3, -0.25) is 19.0 Å². The van der Waals surface area contributed by atoms with Crippen LogP contribution in [0.1, 0.15) is 68.2 Å². The molecule has 13 heteroatoms. The topological polar surface area (TPSA) is 119 Å². The van der Waals surface area contributed by atoms with Gasteiger partial charge in [0, 0.05) is 12.5 Å². The first-order chi connectivity index (χ1) is 15.0. The molecule has 0 heterocycles. The third kappa shape index (κ3) is 8.27. The molecule has 1 N–H and O–H groups in total. The molecule has 0 radical (unpaired) electrons. The summed E-state index contributed by atoms with van der Waals surface area (Å²) in [5, 5.41) is 1.28. The van der Waals surface area contributed by atoms with Crippen LogP contribution in [0.15, 0.2) is 0 Å². The lowest BCUT2D eigenvalue weighted by molar-refractivity contribution is 0.161. The van der Waals surface area contributed by atoms with Gasteiger partial charge in [-0.05, 0) is 54.9 Å². The fourth-order valence-corrected chi connectivity index (χ4v) is 11.1. The van der Waals surface area contributed by atoms with E-state index in [1.54, 1.807) is 41.5 Å². The van der Waals surface area contributed by atoms with Crippen LogP contribution in [0.5, 0.6) is 0 Å². The summed E-state index contributed by atoms with van der Waals surface area (Å²) in [6, 6.07) is -0.267. The molecule has 194 valence electrons. The van der Waals surface area contributed by atoms with Gasteiger partial charge < -0.3 is 27.1 Å². The van der Waals surface area contributed by atoms with Crippen LogP contribution in [-0.4, -0.2) is 56.9 Å². The van der Waals surface area contributed by atoms with Crippen molar-refractivity contribution in [2.24, 2.45) is 0 Å². The van der Waals surface area contributed by atoms with Gasteiger partial charge in [0.15, 0.2) is 0 Å². The number of rotatable bonds is 20. The average molecular weight is 523 g/mol. The first-order valence-corrected chi connectivity index (χ1v) is 16.3. The highest BCUT2D eigenvalue weighted by molar-refractivity contribution is 7.74. The predicted molar refractivity (Wildman–Crippen MR) is 128 cm³/mol. The smallest absolute Gasteiger partial charge is 0.309 e. The second kappa shape index (κ2) is 15.4. The standard InChI is InChI=1S/C19H44NO9P3/c1-9-18(8)20-19(31(22,26-12-4)27-13-5,32(23,28-14-6)29-15-7)16-17-30(21,24-10-2)25-11-3/h18,20H,9-17H2,1-8H3. The highest BCUT2D eigenvalue weighted by atomic mass is 31.2.